The lowest BCUT2D eigenvalue weighted by Gasteiger charge is -2.25. The third-order valence-electron chi connectivity index (χ3n) is 3.56. The standard InChI is InChI=1S/C15H13Br2NOS/c16-12-4-1-3-10(7-12)13-5-2-6-18(13)15(19)11-8-14(17)20-9-11/h1,3-4,7-9,13H,2,5-6H2. The first-order valence-electron chi connectivity index (χ1n) is 6.45. The molecule has 0 radical (unpaired) electrons. The molecular formula is C15H13Br2NOS. The molecule has 1 aromatic carbocycles. The summed E-state index contributed by atoms with van der Waals surface area (Å²) in [7, 11) is 0. The van der Waals surface area contributed by atoms with Gasteiger partial charge in [-0.15, -0.1) is 11.3 Å². The first-order chi connectivity index (χ1) is 9.65. The lowest BCUT2D eigenvalue weighted by atomic mass is 10.0. The first-order valence-corrected chi connectivity index (χ1v) is 8.92. The minimum Gasteiger partial charge on any atom is -0.332 e. The molecule has 0 aliphatic carbocycles. The maximum Gasteiger partial charge on any atom is 0.255 e. The van der Waals surface area contributed by atoms with Gasteiger partial charge in [0, 0.05) is 16.4 Å². The number of carbonyl (C=O) groups is 1. The topological polar surface area (TPSA) is 20.3 Å². The van der Waals surface area contributed by atoms with Crippen LogP contribution in [0.3, 0.4) is 0 Å². The van der Waals surface area contributed by atoms with Gasteiger partial charge in [0.05, 0.1) is 15.4 Å². The molecule has 1 amide bonds. The number of thiophene rings is 1. The highest BCUT2D eigenvalue weighted by Gasteiger charge is 2.30. The maximum atomic E-state index is 12.6. The largest absolute Gasteiger partial charge is 0.332 e. The zero-order valence-electron chi connectivity index (χ0n) is 10.7. The number of carbonyl (C=O) groups excluding carboxylic acids is 1. The van der Waals surface area contributed by atoms with Crippen LogP contribution in [-0.4, -0.2) is 17.4 Å². The Bertz CT molecular complexity index is 640. The predicted molar refractivity (Wildman–Crippen MR) is 89.2 cm³/mol. The Balaban J connectivity index is 1.87. The van der Waals surface area contributed by atoms with Crippen LogP contribution in [0, 0.1) is 0 Å². The number of hydrogen-bond donors (Lipinski definition) is 0. The molecule has 0 spiro atoms. The Morgan fingerprint density at radius 2 is 2.15 bits per heavy atom. The predicted octanol–water partition coefficient (Wildman–Crippen LogP) is 5.25. The van der Waals surface area contributed by atoms with E-state index in [-0.39, 0.29) is 11.9 Å². The Morgan fingerprint density at radius 3 is 2.85 bits per heavy atom. The number of likely N-dealkylation sites (tertiary alicyclic amines) is 1. The summed E-state index contributed by atoms with van der Waals surface area (Å²) in [5, 5.41) is 1.92. The fraction of sp³-hybridized carbons (Fsp3) is 0.267. The van der Waals surface area contributed by atoms with Crippen molar-refractivity contribution in [3.63, 3.8) is 0 Å². The fourth-order valence-corrected chi connectivity index (χ4v) is 4.21. The summed E-state index contributed by atoms with van der Waals surface area (Å²) in [6.07, 6.45) is 2.10. The van der Waals surface area contributed by atoms with Crippen molar-refractivity contribution in [1.82, 2.24) is 4.90 Å². The van der Waals surface area contributed by atoms with Gasteiger partial charge < -0.3 is 4.90 Å². The van der Waals surface area contributed by atoms with Gasteiger partial charge >= 0.3 is 0 Å². The highest BCUT2D eigenvalue weighted by atomic mass is 79.9. The summed E-state index contributed by atoms with van der Waals surface area (Å²) < 4.78 is 2.06. The summed E-state index contributed by atoms with van der Waals surface area (Å²) in [6, 6.07) is 10.4. The van der Waals surface area contributed by atoms with Crippen LogP contribution in [-0.2, 0) is 0 Å². The zero-order valence-corrected chi connectivity index (χ0v) is 14.7. The van der Waals surface area contributed by atoms with E-state index in [2.05, 4.69) is 44.0 Å². The van der Waals surface area contributed by atoms with Crippen molar-refractivity contribution in [2.24, 2.45) is 0 Å². The average molecular weight is 415 g/mol. The zero-order chi connectivity index (χ0) is 14.1. The molecule has 1 aromatic heterocycles. The number of benzene rings is 1. The van der Waals surface area contributed by atoms with Crippen molar-refractivity contribution >= 4 is 49.1 Å². The van der Waals surface area contributed by atoms with Crippen LogP contribution in [0.25, 0.3) is 0 Å². The SMILES string of the molecule is O=C(c1csc(Br)c1)N1CCCC1c1cccc(Br)c1. The van der Waals surface area contributed by atoms with Crippen LogP contribution in [0.4, 0.5) is 0 Å². The van der Waals surface area contributed by atoms with E-state index in [0.29, 0.717) is 0 Å². The summed E-state index contributed by atoms with van der Waals surface area (Å²) in [6.45, 7) is 0.837. The molecule has 1 aliphatic rings. The van der Waals surface area contributed by atoms with Crippen molar-refractivity contribution in [2.45, 2.75) is 18.9 Å². The van der Waals surface area contributed by atoms with Crippen molar-refractivity contribution in [3.05, 3.63) is 55.1 Å². The normalized spacial score (nSPS) is 18.5. The molecule has 1 saturated heterocycles. The molecule has 1 fully saturated rings. The van der Waals surface area contributed by atoms with E-state index < -0.39 is 0 Å². The van der Waals surface area contributed by atoms with E-state index in [1.165, 1.54) is 5.56 Å². The van der Waals surface area contributed by atoms with Gasteiger partial charge in [-0.05, 0) is 52.5 Å². The molecule has 1 unspecified atom stereocenters. The molecule has 1 atom stereocenters. The van der Waals surface area contributed by atoms with Crippen LogP contribution in [0.2, 0.25) is 0 Å². The number of amides is 1. The number of rotatable bonds is 2. The Labute approximate surface area is 139 Å². The van der Waals surface area contributed by atoms with Crippen molar-refractivity contribution in [1.29, 1.82) is 0 Å². The lowest BCUT2D eigenvalue weighted by molar-refractivity contribution is 0.0736. The van der Waals surface area contributed by atoms with Crippen molar-refractivity contribution < 1.29 is 4.79 Å². The summed E-state index contributed by atoms with van der Waals surface area (Å²) >= 11 is 8.48. The van der Waals surface area contributed by atoms with E-state index in [1.807, 2.05) is 28.5 Å². The third-order valence-corrected chi connectivity index (χ3v) is 5.56. The van der Waals surface area contributed by atoms with Gasteiger partial charge in [-0.2, -0.15) is 0 Å². The monoisotopic (exact) mass is 413 g/mol. The fourth-order valence-electron chi connectivity index (χ4n) is 2.66. The number of nitrogens with zero attached hydrogens (tertiary/aromatic N) is 1. The van der Waals surface area contributed by atoms with E-state index in [9.17, 15) is 4.79 Å². The molecule has 3 rings (SSSR count). The molecule has 5 heteroatoms. The average Bonchev–Trinajstić information content (AvgIpc) is 3.06. The molecule has 1 aliphatic heterocycles. The van der Waals surface area contributed by atoms with Crippen LogP contribution in [0.15, 0.2) is 44.0 Å². The first kappa shape index (κ1) is 14.3. The van der Waals surface area contributed by atoms with Crippen molar-refractivity contribution in [3.8, 4) is 0 Å². The van der Waals surface area contributed by atoms with Gasteiger partial charge in [0.25, 0.3) is 5.91 Å². The molecule has 2 aromatic rings. The molecular weight excluding hydrogens is 402 g/mol. The molecule has 104 valence electrons. The van der Waals surface area contributed by atoms with Crippen LogP contribution in [0.5, 0.6) is 0 Å². The van der Waals surface area contributed by atoms with Crippen LogP contribution < -0.4 is 0 Å². The Hall–Kier alpha value is -0.650. The summed E-state index contributed by atoms with van der Waals surface area (Å²) in [5.41, 5.74) is 1.99. The van der Waals surface area contributed by atoms with Gasteiger partial charge in [0.1, 0.15) is 0 Å². The van der Waals surface area contributed by atoms with Gasteiger partial charge in [-0.25, -0.2) is 0 Å². The maximum absolute atomic E-state index is 12.6. The van der Waals surface area contributed by atoms with E-state index in [1.54, 1.807) is 11.3 Å². The molecule has 0 bridgehead atoms. The van der Waals surface area contributed by atoms with Gasteiger partial charge in [-0.3, -0.25) is 4.79 Å². The highest BCUT2D eigenvalue weighted by Crippen LogP contribution is 2.35. The lowest BCUT2D eigenvalue weighted by Crippen LogP contribution is -2.30. The second kappa shape index (κ2) is 6.00. The van der Waals surface area contributed by atoms with Gasteiger partial charge in [-0.1, -0.05) is 28.1 Å². The smallest absolute Gasteiger partial charge is 0.255 e. The second-order valence-electron chi connectivity index (χ2n) is 4.85. The third kappa shape index (κ3) is 2.85. The quantitative estimate of drug-likeness (QED) is 0.656. The molecule has 0 saturated carbocycles. The molecule has 2 heterocycles. The summed E-state index contributed by atoms with van der Waals surface area (Å²) in [5.74, 6) is 0.134. The van der Waals surface area contributed by atoms with E-state index in [4.69, 9.17) is 0 Å². The Kier molecular flexibility index (Phi) is 4.29. The molecule has 2 nitrogen and oxygen atoms in total. The van der Waals surface area contributed by atoms with Crippen molar-refractivity contribution in [2.75, 3.05) is 6.54 Å². The summed E-state index contributed by atoms with van der Waals surface area (Å²) in [4.78, 5) is 14.6. The van der Waals surface area contributed by atoms with E-state index >= 15 is 0 Å². The van der Waals surface area contributed by atoms with Crippen LogP contribution >= 0.6 is 43.2 Å². The second-order valence-corrected chi connectivity index (χ2v) is 8.06. The number of halogens is 2. The van der Waals surface area contributed by atoms with Gasteiger partial charge in [0.2, 0.25) is 0 Å². The van der Waals surface area contributed by atoms with Gasteiger partial charge in [0.15, 0.2) is 0 Å². The van der Waals surface area contributed by atoms with E-state index in [0.717, 1.165) is 33.2 Å². The minimum atomic E-state index is 0.134. The highest BCUT2D eigenvalue weighted by molar-refractivity contribution is 9.11. The number of hydrogen-bond acceptors (Lipinski definition) is 2. The van der Waals surface area contributed by atoms with Crippen LogP contribution in [0.1, 0.15) is 34.8 Å². The minimum absolute atomic E-state index is 0.134. The molecule has 20 heavy (non-hydrogen) atoms. The Morgan fingerprint density at radius 1 is 1.30 bits per heavy atom. The molecule has 0 N–H and O–H groups in total.